The molecule has 78 valence electrons. The molecule has 0 heterocycles. The zero-order chi connectivity index (χ0) is 10.1. The molecule has 0 bridgehead atoms. The number of rotatable bonds is 4. The largest absolute Gasteiger partial charge is 0.393 e. The summed E-state index contributed by atoms with van der Waals surface area (Å²) in [4.78, 5) is 0. The van der Waals surface area contributed by atoms with Gasteiger partial charge in [-0.3, -0.25) is 0 Å². The van der Waals surface area contributed by atoms with Gasteiger partial charge in [0.1, 0.15) is 0 Å². The Kier molecular flexibility index (Phi) is 3.32. The van der Waals surface area contributed by atoms with Gasteiger partial charge in [0.05, 0.1) is 11.4 Å². The molecular weight excluding hydrogens is 190 g/mol. The molecule has 4 nitrogen and oxygen atoms in total. The number of aliphatic hydroxyl groups excluding tert-OH is 1. The maximum absolute atomic E-state index is 11.3. The first-order valence-corrected chi connectivity index (χ1v) is 6.13. The van der Waals surface area contributed by atoms with E-state index in [1.807, 2.05) is 0 Å². The van der Waals surface area contributed by atoms with Crippen LogP contribution in [0.2, 0.25) is 0 Å². The zero-order valence-electron chi connectivity index (χ0n) is 8.03. The van der Waals surface area contributed by atoms with E-state index in [-0.39, 0.29) is 11.4 Å². The summed E-state index contributed by atoms with van der Waals surface area (Å²) in [6.45, 7) is 3.77. The van der Waals surface area contributed by atoms with Gasteiger partial charge in [-0.1, -0.05) is 0 Å². The van der Waals surface area contributed by atoms with Crippen molar-refractivity contribution in [1.82, 2.24) is 4.72 Å². The summed E-state index contributed by atoms with van der Waals surface area (Å²) >= 11 is 0. The smallest absolute Gasteiger partial charge is 0.213 e. The lowest BCUT2D eigenvalue weighted by molar-refractivity contribution is 0.0453. The molecule has 5 heteroatoms. The minimum absolute atomic E-state index is 0.214. The number of hydrogen-bond donors (Lipinski definition) is 2. The molecule has 0 radical (unpaired) electrons. The molecule has 1 rings (SSSR count). The van der Waals surface area contributed by atoms with E-state index in [0.29, 0.717) is 12.5 Å². The van der Waals surface area contributed by atoms with Crippen LogP contribution in [0.3, 0.4) is 0 Å². The van der Waals surface area contributed by atoms with E-state index >= 15 is 0 Å². The van der Waals surface area contributed by atoms with Crippen LogP contribution in [0, 0.1) is 5.92 Å². The zero-order valence-corrected chi connectivity index (χ0v) is 8.84. The van der Waals surface area contributed by atoms with Crippen molar-refractivity contribution in [3.63, 3.8) is 0 Å². The Balaban J connectivity index is 2.27. The van der Waals surface area contributed by atoms with Gasteiger partial charge in [-0.25, -0.2) is 13.1 Å². The summed E-state index contributed by atoms with van der Waals surface area (Å²) in [7, 11) is -3.12. The third kappa shape index (κ3) is 2.93. The van der Waals surface area contributed by atoms with Crippen molar-refractivity contribution in [2.45, 2.75) is 38.0 Å². The van der Waals surface area contributed by atoms with E-state index in [1.165, 1.54) is 0 Å². The molecule has 0 unspecified atom stereocenters. The summed E-state index contributed by atoms with van der Waals surface area (Å²) in [6, 6.07) is 0. The monoisotopic (exact) mass is 207 g/mol. The normalized spacial score (nSPS) is 28.9. The Bertz CT molecular complexity index is 255. The molecule has 2 N–H and O–H groups in total. The van der Waals surface area contributed by atoms with E-state index < -0.39 is 10.0 Å². The second-order valence-electron chi connectivity index (χ2n) is 3.93. The molecule has 0 atom stereocenters. The van der Waals surface area contributed by atoms with Gasteiger partial charge in [0.15, 0.2) is 0 Å². The summed E-state index contributed by atoms with van der Waals surface area (Å²) < 4.78 is 25.1. The summed E-state index contributed by atoms with van der Waals surface area (Å²) in [5, 5.41) is 8.60. The highest BCUT2D eigenvalue weighted by Crippen LogP contribution is 2.26. The van der Waals surface area contributed by atoms with Crippen LogP contribution in [0.15, 0.2) is 0 Å². The summed E-state index contributed by atoms with van der Waals surface area (Å²) in [5.41, 5.74) is 0. The highest BCUT2D eigenvalue weighted by Gasteiger charge is 2.28. The van der Waals surface area contributed by atoms with E-state index in [9.17, 15) is 8.42 Å². The first-order valence-electron chi connectivity index (χ1n) is 4.58. The van der Waals surface area contributed by atoms with Gasteiger partial charge in [-0.2, -0.15) is 0 Å². The molecule has 1 aliphatic rings. The van der Waals surface area contributed by atoms with Crippen molar-refractivity contribution in [3.05, 3.63) is 0 Å². The van der Waals surface area contributed by atoms with Crippen LogP contribution in [-0.4, -0.2) is 31.4 Å². The van der Waals surface area contributed by atoms with Crippen molar-refractivity contribution in [2.24, 2.45) is 5.92 Å². The second-order valence-corrected chi connectivity index (χ2v) is 6.25. The highest BCUT2D eigenvalue weighted by atomic mass is 32.2. The maximum Gasteiger partial charge on any atom is 0.213 e. The Morgan fingerprint density at radius 2 is 2.00 bits per heavy atom. The van der Waals surface area contributed by atoms with Gasteiger partial charge in [0, 0.05) is 6.54 Å². The summed E-state index contributed by atoms with van der Waals surface area (Å²) in [6.07, 6.45) is 1.23. The van der Waals surface area contributed by atoms with Crippen molar-refractivity contribution in [1.29, 1.82) is 0 Å². The number of sulfonamides is 1. The molecule has 0 aromatic heterocycles. The Hall–Kier alpha value is -0.130. The third-order valence-electron chi connectivity index (χ3n) is 2.40. The van der Waals surface area contributed by atoms with Gasteiger partial charge in [-0.05, 0) is 32.6 Å². The van der Waals surface area contributed by atoms with Crippen LogP contribution < -0.4 is 4.72 Å². The van der Waals surface area contributed by atoms with E-state index in [4.69, 9.17) is 5.11 Å². The molecule has 0 aromatic rings. The molecule has 0 saturated heterocycles. The molecule has 0 spiro atoms. The first-order chi connectivity index (χ1) is 5.92. The molecule has 0 amide bonds. The molecule has 13 heavy (non-hydrogen) atoms. The average Bonchev–Trinajstić information content (AvgIpc) is 1.95. The first kappa shape index (κ1) is 10.9. The standard InChI is InChI=1S/C8H17NO3S/c1-6(2)13(11,12)9-5-7-3-8(10)4-7/h6-10H,3-5H2,1-2H3. The number of hydrogen-bond acceptors (Lipinski definition) is 3. The maximum atomic E-state index is 11.3. The van der Waals surface area contributed by atoms with Crippen molar-refractivity contribution < 1.29 is 13.5 Å². The van der Waals surface area contributed by atoms with Crippen LogP contribution in [0.1, 0.15) is 26.7 Å². The van der Waals surface area contributed by atoms with Crippen molar-refractivity contribution in [2.75, 3.05) is 6.54 Å². The Labute approximate surface area is 79.4 Å². The number of nitrogens with one attached hydrogen (secondary N) is 1. The van der Waals surface area contributed by atoms with Crippen LogP contribution >= 0.6 is 0 Å². The second kappa shape index (κ2) is 3.94. The fraction of sp³-hybridized carbons (Fsp3) is 1.00. The third-order valence-corrected chi connectivity index (χ3v) is 4.21. The molecule has 1 saturated carbocycles. The van der Waals surface area contributed by atoms with Gasteiger partial charge in [0.2, 0.25) is 10.0 Å². The fourth-order valence-electron chi connectivity index (χ4n) is 1.27. The predicted molar refractivity (Wildman–Crippen MR) is 50.8 cm³/mol. The minimum atomic E-state index is -3.12. The molecule has 0 aromatic carbocycles. The lowest BCUT2D eigenvalue weighted by Gasteiger charge is -2.31. The van der Waals surface area contributed by atoms with Crippen LogP contribution in [0.4, 0.5) is 0 Å². The van der Waals surface area contributed by atoms with Crippen LogP contribution in [0.5, 0.6) is 0 Å². The van der Waals surface area contributed by atoms with Gasteiger partial charge < -0.3 is 5.11 Å². The molecule has 1 aliphatic carbocycles. The lowest BCUT2D eigenvalue weighted by atomic mass is 9.83. The fourth-order valence-corrected chi connectivity index (χ4v) is 2.07. The minimum Gasteiger partial charge on any atom is -0.393 e. The van der Waals surface area contributed by atoms with Crippen molar-refractivity contribution >= 4 is 10.0 Å². The predicted octanol–water partition coefficient (Wildman–Crippen LogP) is 0.0851. The van der Waals surface area contributed by atoms with E-state index in [0.717, 1.165) is 12.8 Å². The lowest BCUT2D eigenvalue weighted by Crippen LogP contribution is -2.40. The van der Waals surface area contributed by atoms with Gasteiger partial charge in [0.25, 0.3) is 0 Å². The van der Waals surface area contributed by atoms with Crippen molar-refractivity contribution in [3.8, 4) is 0 Å². The quantitative estimate of drug-likeness (QED) is 0.686. The molecule has 1 fully saturated rings. The van der Waals surface area contributed by atoms with Crippen LogP contribution in [0.25, 0.3) is 0 Å². The van der Waals surface area contributed by atoms with Crippen LogP contribution in [-0.2, 0) is 10.0 Å². The molecular formula is C8H17NO3S. The summed E-state index contributed by atoms with van der Waals surface area (Å²) in [5.74, 6) is 0.323. The van der Waals surface area contributed by atoms with E-state index in [2.05, 4.69) is 4.72 Å². The van der Waals surface area contributed by atoms with Gasteiger partial charge in [-0.15, -0.1) is 0 Å². The average molecular weight is 207 g/mol. The topological polar surface area (TPSA) is 66.4 Å². The highest BCUT2D eigenvalue weighted by molar-refractivity contribution is 7.90. The molecule has 0 aliphatic heterocycles. The van der Waals surface area contributed by atoms with Gasteiger partial charge >= 0.3 is 0 Å². The van der Waals surface area contributed by atoms with E-state index in [1.54, 1.807) is 13.8 Å². The number of aliphatic hydroxyl groups is 1. The Morgan fingerprint density at radius 3 is 2.38 bits per heavy atom. The SMILES string of the molecule is CC(C)S(=O)(=O)NCC1CC(O)C1. The Morgan fingerprint density at radius 1 is 1.46 bits per heavy atom.